The first-order chi connectivity index (χ1) is 8.13. The van der Waals surface area contributed by atoms with Gasteiger partial charge in [0, 0.05) is 13.0 Å². The number of rotatable bonds is 6. The number of hydrogen-bond acceptors (Lipinski definition) is 2. The Bertz CT molecular complexity index is 293. The first-order valence-electron chi connectivity index (χ1n) is 5.47. The summed E-state index contributed by atoms with van der Waals surface area (Å²) in [6.07, 6.45) is -5.48. The third kappa shape index (κ3) is 7.75. The van der Waals surface area contributed by atoms with E-state index in [-0.39, 0.29) is 18.9 Å². The third-order valence-electron chi connectivity index (χ3n) is 2.14. The van der Waals surface area contributed by atoms with Crippen molar-refractivity contribution < 1.29 is 27.9 Å². The van der Waals surface area contributed by atoms with Gasteiger partial charge in [-0.05, 0) is 12.3 Å². The van der Waals surface area contributed by atoms with Crippen LogP contribution in [0, 0.1) is 5.92 Å². The molecule has 1 unspecified atom stereocenters. The molecule has 0 aliphatic carbocycles. The molecular formula is C10H17F3N2O3. The molecule has 0 heterocycles. The van der Waals surface area contributed by atoms with Gasteiger partial charge >= 0.3 is 18.2 Å². The molecule has 5 nitrogen and oxygen atoms in total. The van der Waals surface area contributed by atoms with Crippen molar-refractivity contribution in [1.29, 1.82) is 0 Å². The minimum absolute atomic E-state index is 0.157. The molecule has 0 fully saturated rings. The lowest BCUT2D eigenvalue weighted by Gasteiger charge is -2.18. The molecule has 0 radical (unpaired) electrons. The van der Waals surface area contributed by atoms with Gasteiger partial charge in [0.2, 0.25) is 0 Å². The van der Waals surface area contributed by atoms with E-state index in [0.29, 0.717) is 0 Å². The lowest BCUT2D eigenvalue weighted by Crippen LogP contribution is -2.48. The summed E-state index contributed by atoms with van der Waals surface area (Å²) in [6.45, 7) is 3.07. The van der Waals surface area contributed by atoms with Crippen LogP contribution in [0.5, 0.6) is 0 Å². The van der Waals surface area contributed by atoms with Gasteiger partial charge in [-0.2, -0.15) is 13.2 Å². The van der Waals surface area contributed by atoms with Crippen LogP contribution in [0.2, 0.25) is 0 Å². The lowest BCUT2D eigenvalue weighted by molar-refractivity contribution is -0.140. The second kappa shape index (κ2) is 7.07. The smallest absolute Gasteiger partial charge is 0.389 e. The van der Waals surface area contributed by atoms with Crippen LogP contribution < -0.4 is 10.6 Å². The maximum absolute atomic E-state index is 11.8. The monoisotopic (exact) mass is 270 g/mol. The van der Waals surface area contributed by atoms with Crippen molar-refractivity contribution in [3.63, 3.8) is 0 Å². The molecular weight excluding hydrogens is 253 g/mol. The van der Waals surface area contributed by atoms with Crippen LogP contribution in [0.25, 0.3) is 0 Å². The molecule has 106 valence electrons. The molecule has 0 rings (SSSR count). The highest BCUT2D eigenvalue weighted by molar-refractivity contribution is 5.82. The van der Waals surface area contributed by atoms with Gasteiger partial charge in [-0.3, -0.25) is 0 Å². The van der Waals surface area contributed by atoms with Crippen LogP contribution in [0.1, 0.15) is 26.7 Å². The fourth-order valence-corrected chi connectivity index (χ4v) is 1.20. The van der Waals surface area contributed by atoms with E-state index in [9.17, 15) is 22.8 Å². The van der Waals surface area contributed by atoms with E-state index in [1.807, 2.05) is 0 Å². The molecule has 8 heteroatoms. The van der Waals surface area contributed by atoms with Crippen molar-refractivity contribution in [3.8, 4) is 0 Å². The van der Waals surface area contributed by atoms with Crippen molar-refractivity contribution >= 4 is 12.0 Å². The summed E-state index contributed by atoms with van der Waals surface area (Å²) in [6, 6.07) is -1.84. The van der Waals surface area contributed by atoms with Gasteiger partial charge in [0.15, 0.2) is 0 Å². The fourth-order valence-electron chi connectivity index (χ4n) is 1.20. The van der Waals surface area contributed by atoms with Crippen LogP contribution in [0.3, 0.4) is 0 Å². The van der Waals surface area contributed by atoms with Crippen molar-refractivity contribution in [2.45, 2.75) is 38.9 Å². The van der Waals surface area contributed by atoms with Crippen molar-refractivity contribution in [1.82, 2.24) is 10.6 Å². The molecule has 0 saturated carbocycles. The number of nitrogens with one attached hydrogen (secondary N) is 2. The fraction of sp³-hybridized carbons (Fsp3) is 0.800. The van der Waals surface area contributed by atoms with Crippen LogP contribution in [0.15, 0.2) is 0 Å². The van der Waals surface area contributed by atoms with Gasteiger partial charge in [0.1, 0.15) is 6.04 Å². The highest BCUT2D eigenvalue weighted by atomic mass is 19.4. The van der Waals surface area contributed by atoms with Crippen molar-refractivity contribution in [3.05, 3.63) is 0 Å². The molecule has 2 amide bonds. The van der Waals surface area contributed by atoms with E-state index in [1.165, 1.54) is 0 Å². The molecule has 0 bridgehead atoms. The highest BCUT2D eigenvalue weighted by Crippen LogP contribution is 2.20. The molecule has 0 aromatic rings. The van der Waals surface area contributed by atoms with Gasteiger partial charge < -0.3 is 15.7 Å². The molecule has 0 saturated heterocycles. The Balaban J connectivity index is 3.93. The highest BCUT2D eigenvalue weighted by Gasteiger charge is 2.26. The number of carbonyl (C=O) groups is 2. The first-order valence-corrected chi connectivity index (χ1v) is 5.47. The number of hydrogen-bond donors (Lipinski definition) is 3. The number of aliphatic carboxylic acids is 1. The van der Waals surface area contributed by atoms with E-state index in [0.717, 1.165) is 0 Å². The van der Waals surface area contributed by atoms with Crippen molar-refractivity contribution in [2.24, 2.45) is 5.92 Å². The average Bonchev–Trinajstić information content (AvgIpc) is 2.18. The van der Waals surface area contributed by atoms with Crippen LogP contribution >= 0.6 is 0 Å². The maximum atomic E-state index is 11.8. The Morgan fingerprint density at radius 1 is 1.28 bits per heavy atom. The summed E-state index contributed by atoms with van der Waals surface area (Å²) >= 11 is 0. The summed E-state index contributed by atoms with van der Waals surface area (Å²) in [5.74, 6) is -1.50. The van der Waals surface area contributed by atoms with Gasteiger partial charge in [-0.15, -0.1) is 0 Å². The largest absolute Gasteiger partial charge is 0.480 e. The molecule has 0 aromatic carbocycles. The zero-order valence-corrected chi connectivity index (χ0v) is 10.2. The Morgan fingerprint density at radius 3 is 2.22 bits per heavy atom. The summed E-state index contributed by atoms with van der Waals surface area (Å²) in [7, 11) is 0. The summed E-state index contributed by atoms with van der Waals surface area (Å²) in [5.41, 5.74) is 0. The number of amides is 2. The zero-order chi connectivity index (χ0) is 14.3. The van der Waals surface area contributed by atoms with Gasteiger partial charge in [-0.1, -0.05) is 13.8 Å². The summed E-state index contributed by atoms with van der Waals surface area (Å²) in [5, 5.41) is 13.1. The zero-order valence-electron chi connectivity index (χ0n) is 10.2. The molecule has 3 N–H and O–H groups in total. The average molecular weight is 270 g/mol. The normalized spacial score (nSPS) is 13.2. The summed E-state index contributed by atoms with van der Waals surface area (Å²) < 4.78 is 35.4. The van der Waals surface area contributed by atoms with Gasteiger partial charge in [0.05, 0.1) is 0 Å². The van der Waals surface area contributed by atoms with Crippen molar-refractivity contribution in [2.75, 3.05) is 6.54 Å². The van der Waals surface area contributed by atoms with E-state index in [4.69, 9.17) is 5.11 Å². The molecule has 0 spiro atoms. The Hall–Kier alpha value is -1.47. The molecule has 0 aliphatic heterocycles. The second-order valence-electron chi connectivity index (χ2n) is 4.18. The first kappa shape index (κ1) is 16.5. The Morgan fingerprint density at radius 2 is 1.83 bits per heavy atom. The van der Waals surface area contributed by atoms with E-state index in [2.05, 4.69) is 10.6 Å². The number of alkyl halides is 3. The predicted molar refractivity (Wildman–Crippen MR) is 58.1 cm³/mol. The topological polar surface area (TPSA) is 78.4 Å². The van der Waals surface area contributed by atoms with E-state index >= 15 is 0 Å². The lowest BCUT2D eigenvalue weighted by atomic mass is 10.1. The number of urea groups is 1. The molecule has 0 aliphatic rings. The number of carboxylic acid groups (broad SMARTS) is 1. The molecule has 1 atom stereocenters. The van der Waals surface area contributed by atoms with Crippen LogP contribution in [0.4, 0.5) is 18.0 Å². The number of halogens is 3. The predicted octanol–water partition coefficient (Wildman–Crippen LogP) is 1.74. The van der Waals surface area contributed by atoms with Crippen LogP contribution in [-0.2, 0) is 4.79 Å². The SMILES string of the molecule is CC(C)C(NC(=O)NCCCC(F)(F)F)C(=O)O. The minimum atomic E-state index is -4.25. The maximum Gasteiger partial charge on any atom is 0.389 e. The third-order valence-corrected chi connectivity index (χ3v) is 2.14. The van der Waals surface area contributed by atoms with Gasteiger partial charge in [0.25, 0.3) is 0 Å². The standard InChI is InChI=1S/C10H17F3N2O3/c1-6(2)7(8(16)17)15-9(18)14-5-3-4-10(11,12)13/h6-7H,3-5H2,1-2H3,(H,16,17)(H2,14,15,18). The van der Waals surface area contributed by atoms with E-state index < -0.39 is 30.6 Å². The second-order valence-corrected chi connectivity index (χ2v) is 4.18. The quantitative estimate of drug-likeness (QED) is 0.643. The Labute approximate surface area is 103 Å². The Kier molecular flexibility index (Phi) is 6.50. The molecule has 18 heavy (non-hydrogen) atoms. The van der Waals surface area contributed by atoms with Crippen LogP contribution in [-0.4, -0.2) is 35.9 Å². The van der Waals surface area contributed by atoms with E-state index in [1.54, 1.807) is 13.8 Å². The minimum Gasteiger partial charge on any atom is -0.480 e. The summed E-state index contributed by atoms with van der Waals surface area (Å²) in [4.78, 5) is 22.0. The number of carbonyl (C=O) groups excluding carboxylic acids is 1. The van der Waals surface area contributed by atoms with Gasteiger partial charge in [-0.25, -0.2) is 9.59 Å². The molecule has 0 aromatic heterocycles. The number of carboxylic acids is 1.